The number of halogens is 1. The summed E-state index contributed by atoms with van der Waals surface area (Å²) in [6, 6.07) is 0.329. The molecule has 0 aliphatic carbocycles. The lowest BCUT2D eigenvalue weighted by Crippen LogP contribution is -2.50. The van der Waals surface area contributed by atoms with Crippen molar-refractivity contribution >= 4 is 18.3 Å². The summed E-state index contributed by atoms with van der Waals surface area (Å²) in [7, 11) is 0. The van der Waals surface area contributed by atoms with Crippen LogP contribution in [0, 0.1) is 11.8 Å². The summed E-state index contributed by atoms with van der Waals surface area (Å²) in [6.07, 6.45) is 4.05. The quantitative estimate of drug-likeness (QED) is 0.799. The van der Waals surface area contributed by atoms with Crippen molar-refractivity contribution in [2.75, 3.05) is 13.1 Å². The van der Waals surface area contributed by atoms with Gasteiger partial charge in [0.1, 0.15) is 0 Å². The van der Waals surface area contributed by atoms with Crippen molar-refractivity contribution in [3.63, 3.8) is 0 Å². The Morgan fingerprint density at radius 1 is 1.41 bits per heavy atom. The molecular weight excluding hydrogens is 236 g/mol. The molecule has 2 atom stereocenters. The van der Waals surface area contributed by atoms with E-state index < -0.39 is 0 Å². The molecule has 1 aliphatic heterocycles. The minimum atomic E-state index is 0. The van der Waals surface area contributed by atoms with Crippen molar-refractivity contribution in [1.29, 1.82) is 0 Å². The van der Waals surface area contributed by atoms with Gasteiger partial charge >= 0.3 is 0 Å². The molecule has 17 heavy (non-hydrogen) atoms. The molecule has 1 amide bonds. The Kier molecular flexibility index (Phi) is 8.61. The van der Waals surface area contributed by atoms with E-state index >= 15 is 0 Å². The van der Waals surface area contributed by atoms with Gasteiger partial charge in [-0.2, -0.15) is 0 Å². The molecular formula is C13H27ClN2O. The van der Waals surface area contributed by atoms with Crippen LogP contribution in [-0.2, 0) is 4.79 Å². The average molecular weight is 263 g/mol. The lowest BCUT2D eigenvalue weighted by molar-refractivity contribution is -0.123. The van der Waals surface area contributed by atoms with Crippen molar-refractivity contribution in [3.05, 3.63) is 0 Å². The highest BCUT2D eigenvalue weighted by Gasteiger charge is 2.23. The summed E-state index contributed by atoms with van der Waals surface area (Å²) in [6.45, 7) is 8.55. The van der Waals surface area contributed by atoms with Gasteiger partial charge in [-0.1, -0.05) is 33.6 Å². The van der Waals surface area contributed by atoms with Crippen LogP contribution < -0.4 is 10.6 Å². The summed E-state index contributed by atoms with van der Waals surface area (Å²) in [5.74, 6) is 1.38. The lowest BCUT2D eigenvalue weighted by atomic mass is 9.93. The molecule has 1 heterocycles. The first-order valence-electron chi connectivity index (χ1n) is 6.67. The largest absolute Gasteiger partial charge is 0.352 e. The van der Waals surface area contributed by atoms with E-state index in [4.69, 9.17) is 0 Å². The first kappa shape index (κ1) is 16.7. The van der Waals surface area contributed by atoms with Crippen molar-refractivity contribution in [3.8, 4) is 0 Å². The molecule has 0 aromatic rings. The molecule has 1 aliphatic rings. The van der Waals surface area contributed by atoms with Crippen LogP contribution in [0.3, 0.4) is 0 Å². The van der Waals surface area contributed by atoms with Gasteiger partial charge in [-0.05, 0) is 24.8 Å². The van der Waals surface area contributed by atoms with Crippen LogP contribution in [0.5, 0.6) is 0 Å². The lowest BCUT2D eigenvalue weighted by Gasteiger charge is -2.30. The molecule has 0 aromatic carbocycles. The Morgan fingerprint density at radius 3 is 2.59 bits per heavy atom. The summed E-state index contributed by atoms with van der Waals surface area (Å²) in [5.41, 5.74) is 0. The average Bonchev–Trinajstić information content (AvgIpc) is 2.29. The maximum Gasteiger partial charge on any atom is 0.220 e. The van der Waals surface area contributed by atoms with Crippen LogP contribution in [0.4, 0.5) is 0 Å². The third-order valence-electron chi connectivity index (χ3n) is 3.80. The normalized spacial score (nSPS) is 24.2. The van der Waals surface area contributed by atoms with Crippen molar-refractivity contribution < 1.29 is 4.79 Å². The highest BCUT2D eigenvalue weighted by Crippen LogP contribution is 2.14. The smallest absolute Gasteiger partial charge is 0.220 e. The molecule has 0 saturated carbocycles. The molecule has 0 aromatic heterocycles. The summed E-state index contributed by atoms with van der Waals surface area (Å²) < 4.78 is 0. The maximum atomic E-state index is 11.8. The Morgan fingerprint density at radius 2 is 2.06 bits per heavy atom. The van der Waals surface area contributed by atoms with E-state index in [1.54, 1.807) is 0 Å². The SMILES string of the molecule is CCC(CC)CC(=O)NC1CNCCC1C.Cl. The third kappa shape index (κ3) is 5.73. The zero-order valence-corrected chi connectivity index (χ0v) is 12.1. The monoisotopic (exact) mass is 262 g/mol. The number of rotatable bonds is 5. The standard InChI is InChI=1S/C13H26N2O.ClH/c1-4-11(5-2)8-13(16)15-12-9-14-7-6-10(12)3;/h10-12,14H,4-9H2,1-3H3,(H,15,16);1H. The Bertz CT molecular complexity index is 219. The molecule has 1 rings (SSSR count). The molecule has 1 saturated heterocycles. The third-order valence-corrected chi connectivity index (χ3v) is 3.80. The van der Waals surface area contributed by atoms with Crippen LogP contribution >= 0.6 is 12.4 Å². The second kappa shape index (κ2) is 8.76. The van der Waals surface area contributed by atoms with Gasteiger partial charge in [-0.25, -0.2) is 0 Å². The number of piperidine rings is 1. The van der Waals surface area contributed by atoms with Gasteiger partial charge in [0.05, 0.1) is 0 Å². The van der Waals surface area contributed by atoms with Crippen LogP contribution in [0.2, 0.25) is 0 Å². The Hall–Kier alpha value is -0.280. The molecule has 0 spiro atoms. The van der Waals surface area contributed by atoms with E-state index in [1.165, 1.54) is 0 Å². The number of carbonyl (C=O) groups excluding carboxylic acids is 1. The predicted molar refractivity (Wildman–Crippen MR) is 74.5 cm³/mol. The molecule has 4 heteroatoms. The van der Waals surface area contributed by atoms with Crippen LogP contribution in [0.25, 0.3) is 0 Å². The minimum Gasteiger partial charge on any atom is -0.352 e. The molecule has 2 N–H and O–H groups in total. The highest BCUT2D eigenvalue weighted by molar-refractivity contribution is 5.85. The van der Waals surface area contributed by atoms with E-state index in [0.717, 1.165) is 32.4 Å². The number of hydrogen-bond acceptors (Lipinski definition) is 2. The zero-order chi connectivity index (χ0) is 12.0. The molecule has 3 nitrogen and oxygen atoms in total. The molecule has 2 unspecified atom stereocenters. The Labute approximate surface area is 112 Å². The van der Waals surface area contributed by atoms with Gasteiger partial charge in [0, 0.05) is 19.0 Å². The fourth-order valence-electron chi connectivity index (χ4n) is 2.29. The second-order valence-corrected chi connectivity index (χ2v) is 5.03. The second-order valence-electron chi connectivity index (χ2n) is 5.03. The maximum absolute atomic E-state index is 11.8. The van der Waals surface area contributed by atoms with Gasteiger partial charge in [0.2, 0.25) is 5.91 Å². The van der Waals surface area contributed by atoms with Crippen molar-refractivity contribution in [2.24, 2.45) is 11.8 Å². The van der Waals surface area contributed by atoms with Gasteiger partial charge in [0.25, 0.3) is 0 Å². The molecule has 0 bridgehead atoms. The molecule has 102 valence electrons. The number of nitrogens with one attached hydrogen (secondary N) is 2. The van der Waals surface area contributed by atoms with E-state index in [2.05, 4.69) is 31.4 Å². The number of carbonyl (C=O) groups is 1. The fourth-order valence-corrected chi connectivity index (χ4v) is 2.29. The molecule has 0 radical (unpaired) electrons. The van der Waals surface area contributed by atoms with Crippen molar-refractivity contribution in [1.82, 2.24) is 10.6 Å². The Balaban J connectivity index is 0.00000256. The highest BCUT2D eigenvalue weighted by atomic mass is 35.5. The topological polar surface area (TPSA) is 41.1 Å². The van der Waals surface area contributed by atoms with E-state index in [0.29, 0.717) is 24.3 Å². The van der Waals surface area contributed by atoms with E-state index in [9.17, 15) is 4.79 Å². The van der Waals surface area contributed by atoms with Crippen LogP contribution in [-0.4, -0.2) is 25.0 Å². The minimum absolute atomic E-state index is 0. The molecule has 1 fully saturated rings. The summed E-state index contributed by atoms with van der Waals surface area (Å²) in [5, 5.41) is 6.50. The van der Waals surface area contributed by atoms with E-state index in [-0.39, 0.29) is 18.3 Å². The summed E-state index contributed by atoms with van der Waals surface area (Å²) in [4.78, 5) is 11.8. The van der Waals surface area contributed by atoms with Crippen LogP contribution in [0.1, 0.15) is 46.5 Å². The van der Waals surface area contributed by atoms with Gasteiger partial charge in [-0.15, -0.1) is 12.4 Å². The fraction of sp³-hybridized carbons (Fsp3) is 0.923. The van der Waals surface area contributed by atoms with Crippen LogP contribution in [0.15, 0.2) is 0 Å². The van der Waals surface area contributed by atoms with E-state index in [1.807, 2.05) is 0 Å². The van der Waals surface area contributed by atoms with Gasteiger partial charge < -0.3 is 10.6 Å². The zero-order valence-electron chi connectivity index (χ0n) is 11.3. The first-order valence-corrected chi connectivity index (χ1v) is 6.67. The van der Waals surface area contributed by atoms with Crippen molar-refractivity contribution in [2.45, 2.75) is 52.5 Å². The van der Waals surface area contributed by atoms with Gasteiger partial charge in [0.15, 0.2) is 0 Å². The number of hydrogen-bond donors (Lipinski definition) is 2. The number of amides is 1. The summed E-state index contributed by atoms with van der Waals surface area (Å²) >= 11 is 0. The first-order chi connectivity index (χ1) is 7.67. The predicted octanol–water partition coefficient (Wildman–Crippen LogP) is 2.35. The van der Waals surface area contributed by atoms with Gasteiger partial charge in [-0.3, -0.25) is 4.79 Å².